The quantitative estimate of drug-likeness (QED) is 0.835. The highest BCUT2D eigenvalue weighted by molar-refractivity contribution is 5.98. The Bertz CT molecular complexity index is 439. The van der Waals surface area contributed by atoms with Gasteiger partial charge < -0.3 is 14.6 Å². The molecule has 0 amide bonds. The maximum atomic E-state index is 10.9. The van der Waals surface area contributed by atoms with E-state index in [-0.39, 0.29) is 11.3 Å². The molecule has 0 aromatic carbocycles. The molecule has 6 heteroatoms. The molecule has 1 aromatic heterocycles. The summed E-state index contributed by atoms with van der Waals surface area (Å²) in [5, 5.41) is 17.7. The van der Waals surface area contributed by atoms with Crippen LogP contribution in [0.3, 0.4) is 0 Å². The van der Waals surface area contributed by atoms with Crippen LogP contribution in [0, 0.1) is 0 Å². The van der Waals surface area contributed by atoms with E-state index in [0.29, 0.717) is 0 Å². The minimum Gasteiger partial charge on any atom is -0.476 e. The summed E-state index contributed by atoms with van der Waals surface area (Å²) in [6.45, 7) is 1.92. The second-order valence-corrected chi connectivity index (χ2v) is 4.57. The molecule has 0 saturated heterocycles. The van der Waals surface area contributed by atoms with Crippen LogP contribution in [-0.4, -0.2) is 27.1 Å². The van der Waals surface area contributed by atoms with Gasteiger partial charge in [0.15, 0.2) is 0 Å². The minimum absolute atomic E-state index is 0.227. The van der Waals surface area contributed by atoms with E-state index in [4.69, 9.17) is 14.6 Å². The molecule has 1 aliphatic rings. The number of carbonyl (C=O) groups is 2. The number of nitrogens with zero attached hydrogens (tertiary/aromatic N) is 1. The van der Waals surface area contributed by atoms with Gasteiger partial charge >= 0.3 is 11.9 Å². The van der Waals surface area contributed by atoms with Crippen molar-refractivity contribution in [1.29, 1.82) is 0 Å². The van der Waals surface area contributed by atoms with Crippen LogP contribution in [0.2, 0.25) is 0 Å². The van der Waals surface area contributed by atoms with E-state index in [1.54, 1.807) is 0 Å². The molecule has 2 N–H and O–H groups in total. The summed E-state index contributed by atoms with van der Waals surface area (Å²) in [5.41, 5.74) is -0.849. The van der Waals surface area contributed by atoms with E-state index in [2.05, 4.69) is 4.98 Å². The Labute approximate surface area is 97.3 Å². The third kappa shape index (κ3) is 1.90. The Morgan fingerprint density at radius 1 is 1.24 bits per heavy atom. The summed E-state index contributed by atoms with van der Waals surface area (Å²) in [6.07, 6.45) is 3.71. The maximum Gasteiger partial charge on any atom is 0.374 e. The van der Waals surface area contributed by atoms with E-state index >= 15 is 0 Å². The van der Waals surface area contributed by atoms with E-state index in [1.165, 1.54) is 0 Å². The van der Waals surface area contributed by atoms with Gasteiger partial charge in [-0.1, -0.05) is 19.8 Å². The molecular formula is C11H13NO5. The average Bonchev–Trinajstić information content (AvgIpc) is 2.83. The van der Waals surface area contributed by atoms with Crippen LogP contribution in [0.4, 0.5) is 0 Å². The fraction of sp³-hybridized carbons (Fsp3) is 0.545. The first-order chi connectivity index (χ1) is 7.94. The molecule has 0 atom stereocenters. The van der Waals surface area contributed by atoms with Gasteiger partial charge in [0.25, 0.3) is 0 Å². The largest absolute Gasteiger partial charge is 0.476 e. The number of carboxylic acids is 2. The van der Waals surface area contributed by atoms with Crippen molar-refractivity contribution in [2.24, 2.45) is 0 Å². The lowest BCUT2D eigenvalue weighted by molar-refractivity contribution is 0.0621. The first-order valence-electron chi connectivity index (χ1n) is 5.42. The Hall–Kier alpha value is -1.85. The van der Waals surface area contributed by atoms with Crippen LogP contribution in [0.5, 0.6) is 0 Å². The van der Waals surface area contributed by atoms with Gasteiger partial charge in [-0.2, -0.15) is 0 Å². The van der Waals surface area contributed by atoms with Crippen molar-refractivity contribution < 1.29 is 24.2 Å². The number of hydrogen-bond acceptors (Lipinski definition) is 4. The normalized spacial score (nSPS) is 18.2. The van der Waals surface area contributed by atoms with Crippen molar-refractivity contribution in [3.8, 4) is 0 Å². The molecule has 1 heterocycles. The number of oxazole rings is 1. The average molecular weight is 239 g/mol. The Kier molecular flexibility index (Phi) is 2.65. The molecule has 6 nitrogen and oxygen atoms in total. The van der Waals surface area contributed by atoms with Crippen molar-refractivity contribution in [2.75, 3.05) is 0 Å². The highest BCUT2D eigenvalue weighted by atomic mass is 16.4. The van der Waals surface area contributed by atoms with E-state index in [1.807, 2.05) is 6.92 Å². The summed E-state index contributed by atoms with van der Waals surface area (Å²) in [7, 11) is 0. The third-order valence-electron chi connectivity index (χ3n) is 3.25. The second kappa shape index (κ2) is 3.87. The van der Waals surface area contributed by atoms with Gasteiger partial charge in [-0.05, 0) is 12.8 Å². The van der Waals surface area contributed by atoms with Gasteiger partial charge in [-0.3, -0.25) is 0 Å². The number of rotatable bonds is 3. The zero-order valence-corrected chi connectivity index (χ0v) is 9.39. The summed E-state index contributed by atoms with van der Waals surface area (Å²) in [4.78, 5) is 25.6. The third-order valence-corrected chi connectivity index (χ3v) is 3.25. The molecule has 0 aliphatic heterocycles. The topological polar surface area (TPSA) is 101 Å². The molecule has 0 bridgehead atoms. The van der Waals surface area contributed by atoms with Crippen molar-refractivity contribution >= 4 is 11.9 Å². The highest BCUT2D eigenvalue weighted by Gasteiger charge is 2.38. The van der Waals surface area contributed by atoms with Crippen LogP contribution >= 0.6 is 0 Å². The van der Waals surface area contributed by atoms with Gasteiger partial charge in [0.2, 0.25) is 17.3 Å². The molecule has 1 saturated carbocycles. The van der Waals surface area contributed by atoms with Gasteiger partial charge in [-0.25, -0.2) is 14.6 Å². The molecular weight excluding hydrogens is 226 g/mol. The summed E-state index contributed by atoms with van der Waals surface area (Å²) < 4.78 is 5.13. The lowest BCUT2D eigenvalue weighted by Crippen LogP contribution is -2.17. The van der Waals surface area contributed by atoms with E-state index in [0.717, 1.165) is 25.7 Å². The maximum absolute atomic E-state index is 10.9. The first-order valence-corrected chi connectivity index (χ1v) is 5.42. The van der Waals surface area contributed by atoms with E-state index < -0.39 is 23.4 Å². The highest BCUT2D eigenvalue weighted by Crippen LogP contribution is 2.40. The van der Waals surface area contributed by atoms with Gasteiger partial charge in [0, 0.05) is 5.41 Å². The first kappa shape index (κ1) is 11.6. The van der Waals surface area contributed by atoms with Crippen LogP contribution in [0.1, 0.15) is 59.5 Å². The van der Waals surface area contributed by atoms with Crippen molar-refractivity contribution in [1.82, 2.24) is 4.98 Å². The Balaban J connectivity index is 2.47. The smallest absolute Gasteiger partial charge is 0.374 e. The van der Waals surface area contributed by atoms with Crippen LogP contribution in [0.25, 0.3) is 0 Å². The molecule has 1 aliphatic carbocycles. The predicted molar refractivity (Wildman–Crippen MR) is 56.2 cm³/mol. The molecule has 92 valence electrons. The SMILES string of the molecule is CC1(c2nc(C(=O)O)c(C(=O)O)o2)CCCC1. The Morgan fingerprint density at radius 3 is 2.24 bits per heavy atom. The second-order valence-electron chi connectivity index (χ2n) is 4.57. The minimum atomic E-state index is -1.40. The van der Waals surface area contributed by atoms with E-state index in [9.17, 15) is 9.59 Å². The van der Waals surface area contributed by atoms with Crippen molar-refractivity contribution in [2.45, 2.75) is 38.0 Å². The van der Waals surface area contributed by atoms with Crippen LogP contribution < -0.4 is 0 Å². The fourth-order valence-corrected chi connectivity index (χ4v) is 2.24. The number of hydrogen-bond donors (Lipinski definition) is 2. The van der Waals surface area contributed by atoms with Crippen LogP contribution in [0.15, 0.2) is 4.42 Å². The number of carboxylic acid groups (broad SMARTS) is 2. The summed E-state index contributed by atoms with van der Waals surface area (Å²) in [6, 6.07) is 0. The lowest BCUT2D eigenvalue weighted by atomic mass is 9.89. The predicted octanol–water partition coefficient (Wildman–Crippen LogP) is 1.90. The molecule has 1 aromatic rings. The van der Waals surface area contributed by atoms with Crippen molar-refractivity contribution in [3.05, 3.63) is 17.3 Å². The number of aromatic nitrogens is 1. The van der Waals surface area contributed by atoms with Crippen LogP contribution in [-0.2, 0) is 5.41 Å². The summed E-state index contributed by atoms with van der Waals surface area (Å²) >= 11 is 0. The van der Waals surface area contributed by atoms with Gasteiger partial charge in [0.05, 0.1) is 0 Å². The lowest BCUT2D eigenvalue weighted by Gasteiger charge is -2.17. The van der Waals surface area contributed by atoms with Gasteiger partial charge in [0.1, 0.15) is 0 Å². The van der Waals surface area contributed by atoms with Crippen molar-refractivity contribution in [3.63, 3.8) is 0 Å². The Morgan fingerprint density at radius 2 is 1.82 bits per heavy atom. The number of aromatic carboxylic acids is 2. The monoisotopic (exact) mass is 239 g/mol. The summed E-state index contributed by atoms with van der Waals surface area (Å²) in [5.74, 6) is -3.13. The molecule has 1 fully saturated rings. The fourth-order valence-electron chi connectivity index (χ4n) is 2.24. The molecule has 2 rings (SSSR count). The zero-order valence-electron chi connectivity index (χ0n) is 9.39. The molecule has 0 radical (unpaired) electrons. The molecule has 0 spiro atoms. The standard InChI is InChI=1S/C11H13NO5/c1-11(4-2-3-5-11)10-12-6(8(13)14)7(17-10)9(15)16/h2-5H2,1H3,(H,13,14)(H,15,16). The molecule has 17 heavy (non-hydrogen) atoms. The zero-order chi connectivity index (χ0) is 12.6. The molecule has 0 unspecified atom stereocenters. The van der Waals surface area contributed by atoms with Gasteiger partial charge in [-0.15, -0.1) is 0 Å².